The fourth-order valence-electron chi connectivity index (χ4n) is 3.58. The Balaban J connectivity index is 0.00000280. The predicted molar refractivity (Wildman–Crippen MR) is 119 cm³/mol. The van der Waals surface area contributed by atoms with Crippen molar-refractivity contribution in [1.29, 1.82) is 0 Å². The van der Waals surface area contributed by atoms with Gasteiger partial charge in [-0.3, -0.25) is 4.99 Å². The summed E-state index contributed by atoms with van der Waals surface area (Å²) in [7, 11) is 1.73. The number of hydrogen-bond donors (Lipinski definition) is 1. The first-order chi connectivity index (χ1) is 13.3. The predicted octanol–water partition coefficient (Wildman–Crippen LogP) is 2.33. The van der Waals surface area contributed by atoms with Gasteiger partial charge in [-0.2, -0.15) is 0 Å². The topological polar surface area (TPSA) is 62.2 Å². The molecular weight excluding hydrogens is 422 g/mol. The lowest BCUT2D eigenvalue weighted by Crippen LogP contribution is -2.54. The lowest BCUT2D eigenvalue weighted by Gasteiger charge is -2.38. The van der Waals surface area contributed by atoms with Gasteiger partial charge in [0.15, 0.2) is 5.96 Å². The molecule has 0 aromatic carbocycles. The summed E-state index contributed by atoms with van der Waals surface area (Å²) in [5.74, 6) is 2.02. The molecule has 2 atom stereocenters. The summed E-state index contributed by atoms with van der Waals surface area (Å²) in [6.45, 7) is 8.11. The maximum Gasteiger partial charge on any atom is 0.194 e. The Morgan fingerprint density at radius 3 is 2.79 bits per heavy atom. The number of nitrogens with zero attached hydrogens (tertiary/aromatic N) is 4. The molecule has 0 aliphatic carbocycles. The quantitative estimate of drug-likeness (QED) is 0.524. The van der Waals surface area contributed by atoms with Crippen LogP contribution in [0.15, 0.2) is 29.4 Å². The van der Waals surface area contributed by atoms with Crippen molar-refractivity contribution in [2.75, 3.05) is 57.9 Å². The van der Waals surface area contributed by atoms with Crippen molar-refractivity contribution in [3.8, 4) is 0 Å². The molecule has 0 amide bonds. The van der Waals surface area contributed by atoms with E-state index in [1.165, 1.54) is 12.8 Å². The van der Waals surface area contributed by atoms with Crippen molar-refractivity contribution in [1.82, 2.24) is 15.2 Å². The summed E-state index contributed by atoms with van der Waals surface area (Å²) in [5, 5.41) is 3.54. The van der Waals surface area contributed by atoms with Crippen LogP contribution < -0.4 is 10.2 Å². The SMILES string of the molecule is Br.COCC(C)NC(=NCC1CCCCO1)N1CCN(c2ccccn2)CC1. The van der Waals surface area contributed by atoms with Gasteiger partial charge in [0.05, 0.1) is 19.3 Å². The van der Waals surface area contributed by atoms with Crippen LogP contribution in [0.3, 0.4) is 0 Å². The molecule has 28 heavy (non-hydrogen) atoms. The number of hydrogen-bond acceptors (Lipinski definition) is 5. The van der Waals surface area contributed by atoms with Crippen LogP contribution in [-0.4, -0.2) is 81.0 Å². The molecule has 1 aromatic rings. The number of anilines is 1. The van der Waals surface area contributed by atoms with Crippen molar-refractivity contribution in [2.45, 2.75) is 38.3 Å². The third-order valence-electron chi connectivity index (χ3n) is 5.06. The number of aliphatic imine (C=N–C) groups is 1. The normalized spacial score (nSPS) is 21.8. The molecule has 1 N–H and O–H groups in total. The second-order valence-electron chi connectivity index (χ2n) is 7.32. The Morgan fingerprint density at radius 1 is 1.32 bits per heavy atom. The molecule has 1 aromatic heterocycles. The summed E-state index contributed by atoms with van der Waals surface area (Å²) in [6, 6.07) is 6.29. The molecule has 158 valence electrons. The highest BCUT2D eigenvalue weighted by atomic mass is 79.9. The first-order valence-corrected chi connectivity index (χ1v) is 10.1. The molecule has 2 saturated heterocycles. The average molecular weight is 456 g/mol. The van der Waals surface area contributed by atoms with E-state index >= 15 is 0 Å². The maximum atomic E-state index is 5.85. The molecule has 2 fully saturated rings. The van der Waals surface area contributed by atoms with Crippen LogP contribution in [0.25, 0.3) is 0 Å². The van der Waals surface area contributed by atoms with Gasteiger partial charge in [-0.1, -0.05) is 6.07 Å². The average Bonchev–Trinajstić information content (AvgIpc) is 2.73. The minimum Gasteiger partial charge on any atom is -0.383 e. The molecule has 0 spiro atoms. The Bertz CT molecular complexity index is 575. The number of halogens is 1. The molecule has 0 saturated carbocycles. The van der Waals surface area contributed by atoms with Gasteiger partial charge >= 0.3 is 0 Å². The second kappa shape index (κ2) is 12.2. The largest absolute Gasteiger partial charge is 0.383 e. The number of piperazine rings is 1. The van der Waals surface area contributed by atoms with Gasteiger partial charge in [0, 0.05) is 52.1 Å². The van der Waals surface area contributed by atoms with Gasteiger partial charge in [0.1, 0.15) is 5.82 Å². The smallest absolute Gasteiger partial charge is 0.194 e. The molecule has 2 aliphatic heterocycles. The Hall–Kier alpha value is -1.38. The van der Waals surface area contributed by atoms with Crippen molar-refractivity contribution in [3.63, 3.8) is 0 Å². The number of aromatic nitrogens is 1. The van der Waals surface area contributed by atoms with E-state index in [-0.39, 0.29) is 29.1 Å². The standard InChI is InChI=1S/C20H33N5O2.BrH/c1-17(16-26-2)23-20(22-15-18-7-4-6-14-27-18)25-12-10-24(11-13-25)19-8-3-5-9-21-19;/h3,5,8-9,17-18H,4,6-7,10-16H2,1-2H3,(H,22,23);1H. The number of pyridine rings is 1. The number of rotatable bonds is 6. The number of ether oxygens (including phenoxy) is 2. The number of nitrogens with one attached hydrogen (secondary N) is 1. The molecule has 3 rings (SSSR count). The van der Waals surface area contributed by atoms with E-state index < -0.39 is 0 Å². The van der Waals surface area contributed by atoms with Crippen molar-refractivity contribution in [2.24, 2.45) is 4.99 Å². The zero-order chi connectivity index (χ0) is 18.9. The summed E-state index contributed by atoms with van der Waals surface area (Å²) < 4.78 is 11.1. The second-order valence-corrected chi connectivity index (χ2v) is 7.32. The number of guanidine groups is 1. The molecule has 7 nitrogen and oxygen atoms in total. The van der Waals surface area contributed by atoms with Crippen LogP contribution >= 0.6 is 17.0 Å². The molecule has 8 heteroatoms. The fraction of sp³-hybridized carbons (Fsp3) is 0.700. The minimum atomic E-state index is 0. The zero-order valence-electron chi connectivity index (χ0n) is 17.0. The van der Waals surface area contributed by atoms with Gasteiger partial charge in [0.25, 0.3) is 0 Å². The van der Waals surface area contributed by atoms with Crippen LogP contribution in [0.2, 0.25) is 0 Å². The van der Waals surface area contributed by atoms with Crippen LogP contribution in [0, 0.1) is 0 Å². The highest BCUT2D eigenvalue weighted by Gasteiger charge is 2.22. The Kier molecular flexibility index (Phi) is 10.0. The first-order valence-electron chi connectivity index (χ1n) is 10.1. The van der Waals surface area contributed by atoms with Crippen molar-refractivity contribution in [3.05, 3.63) is 24.4 Å². The van der Waals surface area contributed by atoms with Crippen LogP contribution in [0.4, 0.5) is 5.82 Å². The molecule has 2 unspecified atom stereocenters. The fourth-order valence-corrected chi connectivity index (χ4v) is 3.58. The Morgan fingerprint density at radius 2 is 2.14 bits per heavy atom. The van der Waals surface area contributed by atoms with E-state index in [1.54, 1.807) is 7.11 Å². The van der Waals surface area contributed by atoms with E-state index in [2.05, 4.69) is 33.1 Å². The summed E-state index contributed by atoms with van der Waals surface area (Å²) in [5.41, 5.74) is 0. The lowest BCUT2D eigenvalue weighted by atomic mass is 10.1. The molecular formula is C20H34BrN5O2. The monoisotopic (exact) mass is 455 g/mol. The third kappa shape index (κ3) is 6.90. The van der Waals surface area contributed by atoms with Gasteiger partial charge in [-0.25, -0.2) is 4.98 Å². The maximum absolute atomic E-state index is 5.85. The van der Waals surface area contributed by atoms with Crippen LogP contribution in [0.1, 0.15) is 26.2 Å². The zero-order valence-corrected chi connectivity index (χ0v) is 18.8. The highest BCUT2D eigenvalue weighted by Crippen LogP contribution is 2.15. The molecule has 2 aliphatic rings. The Labute approximate surface area is 179 Å². The first kappa shape index (κ1) is 22.9. The van der Waals surface area contributed by atoms with E-state index in [1.807, 2.05) is 18.3 Å². The van der Waals surface area contributed by atoms with E-state index in [9.17, 15) is 0 Å². The molecule has 3 heterocycles. The van der Waals surface area contributed by atoms with Gasteiger partial charge in [-0.15, -0.1) is 17.0 Å². The summed E-state index contributed by atoms with van der Waals surface area (Å²) in [4.78, 5) is 14.1. The van der Waals surface area contributed by atoms with Gasteiger partial charge in [-0.05, 0) is 38.3 Å². The van der Waals surface area contributed by atoms with Gasteiger partial charge < -0.3 is 24.6 Å². The minimum absolute atomic E-state index is 0. The molecule has 0 radical (unpaired) electrons. The van der Waals surface area contributed by atoms with E-state index in [0.29, 0.717) is 6.61 Å². The van der Waals surface area contributed by atoms with E-state index in [0.717, 1.165) is 57.5 Å². The summed E-state index contributed by atoms with van der Waals surface area (Å²) in [6.07, 6.45) is 5.63. The molecule has 0 bridgehead atoms. The van der Waals surface area contributed by atoms with Gasteiger partial charge in [0.2, 0.25) is 0 Å². The van der Waals surface area contributed by atoms with E-state index in [4.69, 9.17) is 14.5 Å². The van der Waals surface area contributed by atoms with Crippen molar-refractivity contribution >= 4 is 28.8 Å². The summed E-state index contributed by atoms with van der Waals surface area (Å²) >= 11 is 0. The highest BCUT2D eigenvalue weighted by molar-refractivity contribution is 8.93. The third-order valence-corrected chi connectivity index (χ3v) is 5.06. The van der Waals surface area contributed by atoms with Crippen LogP contribution in [-0.2, 0) is 9.47 Å². The lowest BCUT2D eigenvalue weighted by molar-refractivity contribution is 0.0223. The number of methoxy groups -OCH3 is 1. The van der Waals surface area contributed by atoms with Crippen molar-refractivity contribution < 1.29 is 9.47 Å². The van der Waals surface area contributed by atoms with Crippen LogP contribution in [0.5, 0.6) is 0 Å².